The second kappa shape index (κ2) is 7.92. The third kappa shape index (κ3) is 4.19. The summed E-state index contributed by atoms with van der Waals surface area (Å²) in [5.41, 5.74) is 3.05. The molecular weight excluding hydrogens is 358 g/mol. The van der Waals surface area contributed by atoms with Crippen LogP contribution in [0.25, 0.3) is 10.8 Å². The van der Waals surface area contributed by atoms with Crippen molar-refractivity contribution in [3.05, 3.63) is 71.8 Å². The number of carbonyl (C=O) groups is 1. The van der Waals surface area contributed by atoms with E-state index in [1.165, 1.54) is 5.39 Å². The lowest BCUT2D eigenvalue weighted by Crippen LogP contribution is -2.19. The summed E-state index contributed by atoms with van der Waals surface area (Å²) < 4.78 is 18.3. The van der Waals surface area contributed by atoms with Crippen LogP contribution in [0.4, 0.5) is 5.69 Å². The quantitative estimate of drug-likeness (QED) is 0.703. The van der Waals surface area contributed by atoms with Crippen molar-refractivity contribution in [2.24, 2.45) is 0 Å². The molecule has 1 aliphatic rings. The molecule has 0 aromatic heterocycles. The number of fused-ring (bicyclic) bond motifs is 2. The highest BCUT2D eigenvalue weighted by molar-refractivity contribution is 7.84. The van der Waals surface area contributed by atoms with Crippen LogP contribution in [0.5, 0.6) is 5.75 Å². The Morgan fingerprint density at radius 1 is 1.00 bits per heavy atom. The van der Waals surface area contributed by atoms with Gasteiger partial charge in [-0.1, -0.05) is 42.5 Å². The van der Waals surface area contributed by atoms with Crippen molar-refractivity contribution in [2.45, 2.75) is 18.6 Å². The number of rotatable bonds is 6. The molecule has 1 amide bonds. The topological polar surface area (TPSA) is 55.4 Å². The fourth-order valence-corrected chi connectivity index (χ4v) is 4.38. The second-order valence-corrected chi connectivity index (χ2v) is 8.22. The van der Waals surface area contributed by atoms with Gasteiger partial charge in [-0.3, -0.25) is 9.00 Å². The maximum atomic E-state index is 12.5. The van der Waals surface area contributed by atoms with Crippen molar-refractivity contribution >= 4 is 33.2 Å². The van der Waals surface area contributed by atoms with Crippen LogP contribution in [0.1, 0.15) is 17.5 Å². The molecule has 1 N–H and O–H groups in total. The zero-order valence-electron chi connectivity index (χ0n) is 14.9. The molecule has 4 nitrogen and oxygen atoms in total. The molecule has 0 unspecified atom stereocenters. The van der Waals surface area contributed by atoms with E-state index in [4.69, 9.17) is 4.74 Å². The predicted octanol–water partition coefficient (Wildman–Crippen LogP) is 4.05. The van der Waals surface area contributed by atoms with Gasteiger partial charge in [-0.25, -0.2) is 0 Å². The molecule has 0 radical (unpaired) electrons. The Morgan fingerprint density at radius 2 is 1.85 bits per heavy atom. The summed E-state index contributed by atoms with van der Waals surface area (Å²) in [7, 11) is -0.989. The van der Waals surface area contributed by atoms with E-state index in [1.54, 1.807) is 0 Å². The maximum Gasteiger partial charge on any atom is 0.224 e. The fourth-order valence-electron chi connectivity index (χ4n) is 3.37. The minimum atomic E-state index is -0.989. The van der Waals surface area contributed by atoms with Gasteiger partial charge in [0.2, 0.25) is 5.91 Å². The molecule has 3 aromatic rings. The van der Waals surface area contributed by atoms with E-state index in [-0.39, 0.29) is 5.91 Å². The van der Waals surface area contributed by atoms with Crippen LogP contribution in [0.3, 0.4) is 0 Å². The molecule has 0 fully saturated rings. The lowest BCUT2D eigenvalue weighted by atomic mass is 10.0. The standard InChI is InChI=1S/C22H21NO3S/c24-22-11-8-17-14-19(9-10-21(17)23-22)26-12-13-27(25)15-18-6-3-5-16-4-1-2-7-20(16)18/h1-7,9-10,14H,8,11-13,15H2,(H,23,24)/t27-/m1/s1. The molecule has 27 heavy (non-hydrogen) atoms. The summed E-state index contributed by atoms with van der Waals surface area (Å²) in [5, 5.41) is 5.19. The van der Waals surface area contributed by atoms with E-state index in [1.807, 2.05) is 42.5 Å². The van der Waals surface area contributed by atoms with Crippen LogP contribution in [0.15, 0.2) is 60.7 Å². The molecule has 4 rings (SSSR count). The molecule has 1 aliphatic heterocycles. The summed E-state index contributed by atoms with van der Waals surface area (Å²) in [6.07, 6.45) is 1.23. The minimum Gasteiger partial charge on any atom is -0.493 e. The highest BCUT2D eigenvalue weighted by Gasteiger charge is 2.15. The number of hydrogen-bond donors (Lipinski definition) is 1. The van der Waals surface area contributed by atoms with Crippen LogP contribution >= 0.6 is 0 Å². The average molecular weight is 379 g/mol. The average Bonchev–Trinajstić information content (AvgIpc) is 2.68. The summed E-state index contributed by atoms with van der Waals surface area (Å²) in [5.74, 6) is 1.82. The molecule has 0 saturated carbocycles. The van der Waals surface area contributed by atoms with Gasteiger partial charge in [0.05, 0.1) is 12.4 Å². The first kappa shape index (κ1) is 17.7. The zero-order chi connectivity index (χ0) is 18.6. The third-order valence-electron chi connectivity index (χ3n) is 4.75. The zero-order valence-corrected chi connectivity index (χ0v) is 15.8. The van der Waals surface area contributed by atoms with Crippen molar-refractivity contribution < 1.29 is 13.7 Å². The van der Waals surface area contributed by atoms with Crippen molar-refractivity contribution in [3.63, 3.8) is 0 Å². The van der Waals surface area contributed by atoms with Crippen LogP contribution in [0, 0.1) is 0 Å². The lowest BCUT2D eigenvalue weighted by Gasteiger charge is -2.17. The SMILES string of the molecule is O=C1CCc2cc(OCC[S@@](=O)Cc3cccc4ccccc34)ccc2N1. The summed E-state index contributed by atoms with van der Waals surface area (Å²) in [6, 6.07) is 20.0. The molecule has 0 bridgehead atoms. The van der Waals surface area contributed by atoms with Gasteiger partial charge < -0.3 is 10.1 Å². The normalized spacial score (nSPS) is 14.4. The molecule has 1 heterocycles. The predicted molar refractivity (Wildman–Crippen MR) is 110 cm³/mol. The van der Waals surface area contributed by atoms with E-state index in [9.17, 15) is 9.00 Å². The van der Waals surface area contributed by atoms with E-state index >= 15 is 0 Å². The van der Waals surface area contributed by atoms with Gasteiger partial charge in [0, 0.05) is 28.7 Å². The van der Waals surface area contributed by atoms with E-state index in [0.717, 1.165) is 34.4 Å². The van der Waals surface area contributed by atoms with E-state index in [0.29, 0.717) is 24.5 Å². The Bertz CT molecular complexity index is 1010. The van der Waals surface area contributed by atoms with Gasteiger partial charge in [0.25, 0.3) is 0 Å². The molecule has 138 valence electrons. The summed E-state index contributed by atoms with van der Waals surface area (Å²) >= 11 is 0. The van der Waals surface area contributed by atoms with Gasteiger partial charge in [-0.2, -0.15) is 0 Å². The van der Waals surface area contributed by atoms with Crippen molar-refractivity contribution in [3.8, 4) is 5.75 Å². The molecule has 0 spiro atoms. The Hall–Kier alpha value is -2.66. The van der Waals surface area contributed by atoms with Crippen molar-refractivity contribution in [1.82, 2.24) is 0 Å². The first-order valence-corrected chi connectivity index (χ1v) is 10.5. The third-order valence-corrected chi connectivity index (χ3v) is 6.00. The number of aryl methyl sites for hydroxylation is 1. The minimum absolute atomic E-state index is 0.0556. The molecule has 0 saturated heterocycles. The number of nitrogens with one attached hydrogen (secondary N) is 1. The number of benzene rings is 3. The first-order valence-electron chi connectivity index (χ1n) is 9.06. The summed E-state index contributed by atoms with van der Waals surface area (Å²) in [4.78, 5) is 11.4. The fraction of sp³-hybridized carbons (Fsp3) is 0.227. The first-order chi connectivity index (χ1) is 13.2. The van der Waals surface area contributed by atoms with Crippen molar-refractivity contribution in [2.75, 3.05) is 17.7 Å². The highest BCUT2D eigenvalue weighted by Crippen LogP contribution is 2.27. The Kier molecular flexibility index (Phi) is 5.21. The van der Waals surface area contributed by atoms with Gasteiger partial charge in [-0.15, -0.1) is 0 Å². The van der Waals surface area contributed by atoms with Gasteiger partial charge in [-0.05, 0) is 46.5 Å². The van der Waals surface area contributed by atoms with Crippen molar-refractivity contribution in [1.29, 1.82) is 0 Å². The Morgan fingerprint density at radius 3 is 2.78 bits per heavy atom. The van der Waals surface area contributed by atoms with E-state index in [2.05, 4.69) is 23.5 Å². The van der Waals surface area contributed by atoms with Gasteiger partial charge in [0.1, 0.15) is 5.75 Å². The number of ether oxygens (including phenoxy) is 1. The Balaban J connectivity index is 1.34. The second-order valence-electron chi connectivity index (χ2n) is 6.64. The van der Waals surface area contributed by atoms with Crippen LogP contribution in [0.2, 0.25) is 0 Å². The monoisotopic (exact) mass is 379 g/mol. The Labute approximate surface area is 161 Å². The lowest BCUT2D eigenvalue weighted by molar-refractivity contribution is -0.116. The van der Waals surface area contributed by atoms with Crippen LogP contribution in [-0.4, -0.2) is 22.5 Å². The number of amides is 1. The van der Waals surface area contributed by atoms with Gasteiger partial charge >= 0.3 is 0 Å². The molecular formula is C22H21NO3S. The molecule has 5 heteroatoms. The number of carbonyl (C=O) groups excluding carboxylic acids is 1. The molecule has 0 aliphatic carbocycles. The van der Waals surface area contributed by atoms with Crippen LogP contribution in [-0.2, 0) is 27.8 Å². The molecule has 1 atom stereocenters. The number of anilines is 1. The smallest absolute Gasteiger partial charge is 0.224 e. The van der Waals surface area contributed by atoms with Crippen LogP contribution < -0.4 is 10.1 Å². The van der Waals surface area contributed by atoms with Gasteiger partial charge in [0.15, 0.2) is 0 Å². The summed E-state index contributed by atoms with van der Waals surface area (Å²) in [6.45, 7) is 0.405. The van der Waals surface area contributed by atoms with E-state index < -0.39 is 10.8 Å². The highest BCUT2D eigenvalue weighted by atomic mass is 32.2. The maximum absolute atomic E-state index is 12.5. The largest absolute Gasteiger partial charge is 0.493 e. The number of hydrogen-bond acceptors (Lipinski definition) is 3. The molecule has 3 aromatic carbocycles.